The Balaban J connectivity index is 1.62. The normalized spacial score (nSPS) is 15.4. The monoisotopic (exact) mass is 194 g/mol. The molecule has 1 aliphatic carbocycles. The van der Waals surface area contributed by atoms with Gasteiger partial charge < -0.3 is 15.1 Å². The summed E-state index contributed by atoms with van der Waals surface area (Å²) in [4.78, 5) is 11.3. The van der Waals surface area contributed by atoms with Gasteiger partial charge in [0, 0.05) is 19.1 Å². The summed E-state index contributed by atoms with van der Waals surface area (Å²) in [5.41, 5.74) is 0. The van der Waals surface area contributed by atoms with Gasteiger partial charge in [-0.15, -0.1) is 0 Å². The Kier molecular flexibility index (Phi) is 2.84. The van der Waals surface area contributed by atoms with Crippen molar-refractivity contribution in [2.45, 2.75) is 18.9 Å². The van der Waals surface area contributed by atoms with Gasteiger partial charge in [0.15, 0.2) is 5.76 Å². The molecule has 1 amide bonds. The highest BCUT2D eigenvalue weighted by atomic mass is 16.3. The van der Waals surface area contributed by atoms with Crippen LogP contribution in [0.3, 0.4) is 0 Å². The van der Waals surface area contributed by atoms with Crippen molar-refractivity contribution in [2.75, 3.05) is 13.1 Å². The van der Waals surface area contributed by atoms with E-state index in [1.807, 2.05) is 0 Å². The molecular weight excluding hydrogens is 180 g/mol. The van der Waals surface area contributed by atoms with E-state index in [9.17, 15) is 4.79 Å². The third-order valence-corrected chi connectivity index (χ3v) is 2.17. The minimum atomic E-state index is -0.146. The first-order valence-electron chi connectivity index (χ1n) is 4.91. The van der Waals surface area contributed by atoms with Crippen LogP contribution in [0.15, 0.2) is 22.8 Å². The fourth-order valence-corrected chi connectivity index (χ4v) is 1.23. The van der Waals surface area contributed by atoms with Crippen molar-refractivity contribution in [2.24, 2.45) is 0 Å². The maximum Gasteiger partial charge on any atom is 0.287 e. The largest absolute Gasteiger partial charge is 0.459 e. The standard InChI is InChI=1S/C10H14N2O2/c13-10(9-2-1-7-14-9)12-6-5-11-8-3-4-8/h1-2,7-8,11H,3-6H2,(H,12,13). The lowest BCUT2D eigenvalue weighted by Gasteiger charge is -2.03. The first-order chi connectivity index (χ1) is 6.86. The van der Waals surface area contributed by atoms with Gasteiger partial charge in [0.1, 0.15) is 0 Å². The fraction of sp³-hybridized carbons (Fsp3) is 0.500. The maximum atomic E-state index is 11.3. The van der Waals surface area contributed by atoms with Crippen molar-refractivity contribution in [3.8, 4) is 0 Å². The molecule has 2 rings (SSSR count). The molecule has 0 spiro atoms. The molecule has 0 aromatic carbocycles. The van der Waals surface area contributed by atoms with Crippen LogP contribution in [0.1, 0.15) is 23.4 Å². The first-order valence-corrected chi connectivity index (χ1v) is 4.91. The molecule has 1 aromatic heterocycles. The molecule has 4 heteroatoms. The van der Waals surface area contributed by atoms with Crippen LogP contribution in [0.5, 0.6) is 0 Å². The average molecular weight is 194 g/mol. The van der Waals surface area contributed by atoms with E-state index in [4.69, 9.17) is 4.42 Å². The summed E-state index contributed by atoms with van der Waals surface area (Å²) in [5.74, 6) is 0.226. The number of amides is 1. The van der Waals surface area contributed by atoms with Gasteiger partial charge in [0.2, 0.25) is 0 Å². The Bertz CT molecular complexity index is 291. The number of carbonyl (C=O) groups is 1. The zero-order valence-electron chi connectivity index (χ0n) is 7.95. The van der Waals surface area contributed by atoms with Crippen molar-refractivity contribution >= 4 is 5.91 Å². The number of carbonyl (C=O) groups excluding carboxylic acids is 1. The SMILES string of the molecule is O=C(NCCNC1CC1)c1ccco1. The van der Waals surface area contributed by atoms with Crippen LogP contribution in [0.2, 0.25) is 0 Å². The molecule has 1 aromatic rings. The van der Waals surface area contributed by atoms with Crippen molar-refractivity contribution in [1.82, 2.24) is 10.6 Å². The molecule has 0 aliphatic heterocycles. The van der Waals surface area contributed by atoms with Crippen LogP contribution in [0.4, 0.5) is 0 Å². The number of rotatable bonds is 5. The average Bonchev–Trinajstić information content (AvgIpc) is 2.84. The molecule has 2 N–H and O–H groups in total. The van der Waals surface area contributed by atoms with E-state index in [0.717, 1.165) is 6.54 Å². The molecule has 14 heavy (non-hydrogen) atoms. The van der Waals surface area contributed by atoms with Crippen molar-refractivity contribution in [3.05, 3.63) is 24.2 Å². The van der Waals surface area contributed by atoms with Gasteiger partial charge >= 0.3 is 0 Å². The minimum Gasteiger partial charge on any atom is -0.459 e. The molecule has 0 bridgehead atoms. The van der Waals surface area contributed by atoms with E-state index in [0.29, 0.717) is 18.3 Å². The lowest BCUT2D eigenvalue weighted by atomic mass is 10.4. The predicted molar refractivity (Wildman–Crippen MR) is 52.1 cm³/mol. The zero-order chi connectivity index (χ0) is 9.80. The van der Waals surface area contributed by atoms with Gasteiger partial charge in [-0.2, -0.15) is 0 Å². The number of furan rings is 1. The van der Waals surface area contributed by atoms with E-state index in [-0.39, 0.29) is 5.91 Å². The summed E-state index contributed by atoms with van der Waals surface area (Å²) in [5, 5.41) is 6.08. The van der Waals surface area contributed by atoms with Crippen LogP contribution >= 0.6 is 0 Å². The Labute approximate surface area is 82.7 Å². The summed E-state index contributed by atoms with van der Waals surface area (Å²) < 4.78 is 4.95. The van der Waals surface area contributed by atoms with Crippen LogP contribution in [-0.2, 0) is 0 Å². The summed E-state index contributed by atoms with van der Waals surface area (Å²) in [6.45, 7) is 1.48. The third kappa shape index (κ3) is 2.60. The predicted octanol–water partition coefficient (Wildman–Crippen LogP) is 0.761. The topological polar surface area (TPSA) is 54.3 Å². The van der Waals surface area contributed by atoms with Crippen LogP contribution < -0.4 is 10.6 Å². The fourth-order valence-electron chi connectivity index (χ4n) is 1.23. The van der Waals surface area contributed by atoms with Gasteiger partial charge in [-0.1, -0.05) is 0 Å². The highest BCUT2D eigenvalue weighted by Gasteiger charge is 2.19. The molecule has 0 radical (unpaired) electrons. The second-order valence-electron chi connectivity index (χ2n) is 3.46. The van der Waals surface area contributed by atoms with Crippen LogP contribution in [-0.4, -0.2) is 25.0 Å². The molecule has 4 nitrogen and oxygen atoms in total. The third-order valence-electron chi connectivity index (χ3n) is 2.17. The molecular formula is C10H14N2O2. The van der Waals surface area contributed by atoms with Gasteiger partial charge in [0.25, 0.3) is 5.91 Å². The van der Waals surface area contributed by atoms with Gasteiger partial charge in [-0.05, 0) is 25.0 Å². The molecule has 1 aliphatic rings. The van der Waals surface area contributed by atoms with E-state index in [1.54, 1.807) is 12.1 Å². The smallest absolute Gasteiger partial charge is 0.287 e. The minimum absolute atomic E-state index is 0.146. The van der Waals surface area contributed by atoms with Gasteiger partial charge in [0.05, 0.1) is 6.26 Å². The summed E-state index contributed by atoms with van der Waals surface area (Å²) in [6.07, 6.45) is 4.04. The lowest BCUT2D eigenvalue weighted by molar-refractivity contribution is 0.0926. The maximum absolute atomic E-state index is 11.3. The Morgan fingerprint density at radius 2 is 2.36 bits per heavy atom. The van der Waals surface area contributed by atoms with Crippen molar-refractivity contribution < 1.29 is 9.21 Å². The number of hydrogen-bond acceptors (Lipinski definition) is 3. The molecule has 1 saturated carbocycles. The highest BCUT2D eigenvalue weighted by Crippen LogP contribution is 2.17. The summed E-state index contributed by atoms with van der Waals surface area (Å²) in [7, 11) is 0. The molecule has 76 valence electrons. The van der Waals surface area contributed by atoms with Crippen LogP contribution in [0.25, 0.3) is 0 Å². The highest BCUT2D eigenvalue weighted by molar-refractivity contribution is 5.91. The van der Waals surface area contributed by atoms with E-state index < -0.39 is 0 Å². The summed E-state index contributed by atoms with van der Waals surface area (Å²) in [6, 6.07) is 4.05. The Morgan fingerprint density at radius 1 is 1.50 bits per heavy atom. The second-order valence-corrected chi connectivity index (χ2v) is 3.46. The van der Waals surface area contributed by atoms with Gasteiger partial charge in [-0.3, -0.25) is 4.79 Å². The van der Waals surface area contributed by atoms with Crippen molar-refractivity contribution in [3.63, 3.8) is 0 Å². The Hall–Kier alpha value is -1.29. The van der Waals surface area contributed by atoms with Gasteiger partial charge in [-0.25, -0.2) is 0 Å². The van der Waals surface area contributed by atoms with E-state index >= 15 is 0 Å². The molecule has 0 unspecified atom stereocenters. The van der Waals surface area contributed by atoms with Crippen molar-refractivity contribution in [1.29, 1.82) is 0 Å². The number of hydrogen-bond donors (Lipinski definition) is 2. The first kappa shape index (κ1) is 9.27. The molecule has 1 heterocycles. The second kappa shape index (κ2) is 4.28. The van der Waals surface area contributed by atoms with Crippen LogP contribution in [0, 0.1) is 0 Å². The summed E-state index contributed by atoms with van der Waals surface area (Å²) >= 11 is 0. The van der Waals surface area contributed by atoms with E-state index in [2.05, 4.69) is 10.6 Å². The molecule has 0 atom stereocenters. The zero-order valence-corrected chi connectivity index (χ0v) is 7.95. The molecule has 1 fully saturated rings. The molecule has 0 saturated heterocycles. The number of nitrogens with one attached hydrogen (secondary N) is 2. The Morgan fingerprint density at radius 3 is 3.00 bits per heavy atom. The van der Waals surface area contributed by atoms with E-state index in [1.165, 1.54) is 19.1 Å². The quantitative estimate of drug-likeness (QED) is 0.680. The lowest BCUT2D eigenvalue weighted by Crippen LogP contribution is -2.32.